The molecule has 15 heteroatoms. The zero-order valence-electron chi connectivity index (χ0n) is 17.4. The van der Waals surface area contributed by atoms with Gasteiger partial charge in [-0.3, -0.25) is 24.0 Å². The monoisotopic (exact) mass is 495 g/mol. The van der Waals surface area contributed by atoms with E-state index in [-0.39, 0.29) is 25.0 Å². The molecular formula is C17H29N5O8S2. The van der Waals surface area contributed by atoms with Crippen molar-refractivity contribution in [2.24, 2.45) is 11.5 Å². The molecule has 0 aliphatic carbocycles. The Labute approximate surface area is 194 Å². The number of amides is 4. The Morgan fingerprint density at radius 1 is 0.906 bits per heavy atom. The largest absolute Gasteiger partial charge is 0.481 e. The Hall–Kier alpha value is -2.52. The molecule has 182 valence electrons. The molecule has 0 fully saturated rings. The fourth-order valence-electron chi connectivity index (χ4n) is 2.35. The lowest BCUT2D eigenvalue weighted by Gasteiger charge is -2.24. The van der Waals surface area contributed by atoms with Crippen molar-refractivity contribution in [1.82, 2.24) is 16.0 Å². The summed E-state index contributed by atoms with van der Waals surface area (Å²) in [4.78, 5) is 70.3. The Morgan fingerprint density at radius 2 is 1.44 bits per heavy atom. The summed E-state index contributed by atoms with van der Waals surface area (Å²) >= 11 is 5.35. The van der Waals surface area contributed by atoms with E-state index in [1.54, 1.807) is 6.26 Å². The number of aliphatic carboxylic acids is 2. The molecule has 4 atom stereocenters. The molecule has 32 heavy (non-hydrogen) atoms. The van der Waals surface area contributed by atoms with Crippen LogP contribution in [0.5, 0.6) is 0 Å². The van der Waals surface area contributed by atoms with Crippen LogP contribution in [-0.2, 0) is 28.8 Å². The van der Waals surface area contributed by atoms with Crippen molar-refractivity contribution < 1.29 is 39.0 Å². The smallest absolute Gasteiger partial charge is 0.326 e. The SMILES string of the molecule is CSCCC(NC(=O)C(CCC(N)=O)NC(=O)C(CS)NC(=O)C(N)CC(=O)O)C(=O)O. The van der Waals surface area contributed by atoms with Crippen molar-refractivity contribution in [1.29, 1.82) is 0 Å². The minimum Gasteiger partial charge on any atom is -0.481 e. The highest BCUT2D eigenvalue weighted by Crippen LogP contribution is 2.05. The predicted molar refractivity (Wildman–Crippen MR) is 119 cm³/mol. The molecule has 0 spiro atoms. The zero-order valence-corrected chi connectivity index (χ0v) is 19.1. The second kappa shape index (κ2) is 15.3. The van der Waals surface area contributed by atoms with Crippen LogP contribution in [0.1, 0.15) is 25.7 Å². The number of thioether (sulfide) groups is 1. The summed E-state index contributed by atoms with van der Waals surface area (Å²) in [5, 5.41) is 24.8. The molecule has 0 aromatic carbocycles. The lowest BCUT2D eigenvalue weighted by molar-refractivity contribution is -0.142. The molecular weight excluding hydrogens is 466 g/mol. The second-order valence-electron chi connectivity index (χ2n) is 6.70. The summed E-state index contributed by atoms with van der Waals surface area (Å²) in [5.74, 6) is -5.70. The van der Waals surface area contributed by atoms with Crippen LogP contribution in [-0.4, -0.2) is 87.7 Å². The number of hydrogen-bond acceptors (Lipinski definition) is 9. The van der Waals surface area contributed by atoms with Crippen LogP contribution in [0.3, 0.4) is 0 Å². The lowest BCUT2D eigenvalue weighted by Crippen LogP contribution is -2.57. The molecule has 0 aliphatic heterocycles. The van der Waals surface area contributed by atoms with Gasteiger partial charge in [0, 0.05) is 12.2 Å². The maximum atomic E-state index is 12.6. The topological polar surface area (TPSA) is 231 Å². The quantitative estimate of drug-likeness (QED) is 0.103. The van der Waals surface area contributed by atoms with E-state index in [9.17, 15) is 33.9 Å². The number of rotatable bonds is 16. The first kappa shape index (κ1) is 29.5. The number of carbonyl (C=O) groups is 6. The summed E-state index contributed by atoms with van der Waals surface area (Å²) in [6.45, 7) is 0. The molecule has 9 N–H and O–H groups in total. The van der Waals surface area contributed by atoms with E-state index in [0.717, 1.165) is 0 Å². The number of nitrogens with one attached hydrogen (secondary N) is 3. The normalized spacial score (nSPS) is 14.3. The number of primary amides is 1. The fraction of sp³-hybridized carbons (Fsp3) is 0.647. The van der Waals surface area contributed by atoms with Crippen molar-refractivity contribution in [2.45, 2.75) is 49.9 Å². The third-order valence-electron chi connectivity index (χ3n) is 4.08. The van der Waals surface area contributed by atoms with Crippen molar-refractivity contribution in [3.8, 4) is 0 Å². The van der Waals surface area contributed by atoms with Crippen LogP contribution < -0.4 is 27.4 Å². The van der Waals surface area contributed by atoms with E-state index in [1.165, 1.54) is 11.8 Å². The lowest BCUT2D eigenvalue weighted by atomic mass is 10.1. The second-order valence-corrected chi connectivity index (χ2v) is 8.05. The molecule has 0 rings (SSSR count). The Kier molecular flexibility index (Phi) is 14.1. The van der Waals surface area contributed by atoms with Gasteiger partial charge in [-0.05, 0) is 24.9 Å². The van der Waals surface area contributed by atoms with Gasteiger partial charge in [-0.25, -0.2) is 4.79 Å². The van der Waals surface area contributed by atoms with Gasteiger partial charge in [-0.15, -0.1) is 0 Å². The number of thiol groups is 1. The van der Waals surface area contributed by atoms with E-state index in [0.29, 0.717) is 5.75 Å². The molecule has 0 heterocycles. The van der Waals surface area contributed by atoms with E-state index in [1.807, 2.05) is 0 Å². The first-order valence-corrected chi connectivity index (χ1v) is 11.4. The van der Waals surface area contributed by atoms with Crippen LogP contribution in [0.15, 0.2) is 0 Å². The summed E-state index contributed by atoms with van der Waals surface area (Å²) in [5.41, 5.74) is 10.6. The molecule has 0 saturated heterocycles. The summed E-state index contributed by atoms with van der Waals surface area (Å²) in [6, 6.07) is -5.22. The summed E-state index contributed by atoms with van der Waals surface area (Å²) < 4.78 is 0. The highest BCUT2D eigenvalue weighted by Gasteiger charge is 2.30. The zero-order chi connectivity index (χ0) is 24.8. The maximum Gasteiger partial charge on any atom is 0.326 e. The van der Waals surface area contributed by atoms with Crippen LogP contribution in [0.25, 0.3) is 0 Å². The van der Waals surface area contributed by atoms with Gasteiger partial charge in [0.1, 0.15) is 18.1 Å². The van der Waals surface area contributed by atoms with E-state index in [4.69, 9.17) is 16.6 Å². The molecule has 0 saturated carbocycles. The number of carboxylic acid groups (broad SMARTS) is 2. The van der Waals surface area contributed by atoms with Gasteiger partial charge in [0.25, 0.3) is 0 Å². The highest BCUT2D eigenvalue weighted by atomic mass is 32.2. The van der Waals surface area contributed by atoms with Gasteiger partial charge in [0.15, 0.2) is 0 Å². The minimum atomic E-state index is -1.41. The number of carbonyl (C=O) groups excluding carboxylic acids is 4. The molecule has 0 aromatic rings. The third-order valence-corrected chi connectivity index (χ3v) is 5.09. The van der Waals surface area contributed by atoms with Gasteiger partial charge in [-0.1, -0.05) is 0 Å². The average Bonchev–Trinajstić information content (AvgIpc) is 2.70. The fourth-order valence-corrected chi connectivity index (χ4v) is 3.08. The number of nitrogens with two attached hydrogens (primary N) is 2. The van der Waals surface area contributed by atoms with Gasteiger partial charge >= 0.3 is 11.9 Å². The molecule has 4 unspecified atom stereocenters. The Balaban J connectivity index is 5.30. The highest BCUT2D eigenvalue weighted by molar-refractivity contribution is 7.98. The van der Waals surface area contributed by atoms with Crippen molar-refractivity contribution in [3.05, 3.63) is 0 Å². The Bertz CT molecular complexity index is 708. The van der Waals surface area contributed by atoms with Crippen molar-refractivity contribution in [3.63, 3.8) is 0 Å². The van der Waals surface area contributed by atoms with Crippen LogP contribution in [0.2, 0.25) is 0 Å². The van der Waals surface area contributed by atoms with Gasteiger partial charge in [-0.2, -0.15) is 24.4 Å². The minimum absolute atomic E-state index is 0.134. The molecule has 0 bridgehead atoms. The number of hydrogen-bond donors (Lipinski definition) is 8. The Morgan fingerprint density at radius 3 is 1.91 bits per heavy atom. The van der Waals surface area contributed by atoms with E-state index >= 15 is 0 Å². The van der Waals surface area contributed by atoms with Gasteiger partial charge in [0.2, 0.25) is 23.6 Å². The van der Waals surface area contributed by atoms with Crippen LogP contribution in [0, 0.1) is 0 Å². The number of carboxylic acids is 2. The standard InChI is InChI=1S/C17H29N5O8S2/c1-32-5-4-10(17(29)30)21-15(27)9(2-3-12(19)23)20-16(28)11(7-31)22-14(26)8(18)6-13(24)25/h8-11,31H,2-7,18H2,1H3,(H2,19,23)(H,20,28)(H,21,27)(H,22,26)(H,24,25)(H,29,30). The van der Waals surface area contributed by atoms with Crippen LogP contribution in [0.4, 0.5) is 0 Å². The summed E-state index contributed by atoms with van der Waals surface area (Å²) in [6.07, 6.45) is 0.749. The maximum absolute atomic E-state index is 12.6. The van der Waals surface area contributed by atoms with Crippen LogP contribution >= 0.6 is 24.4 Å². The molecule has 4 amide bonds. The average molecular weight is 496 g/mol. The van der Waals surface area contributed by atoms with Crippen molar-refractivity contribution in [2.75, 3.05) is 17.8 Å². The first-order chi connectivity index (χ1) is 14.9. The van der Waals surface area contributed by atoms with Gasteiger partial charge < -0.3 is 37.6 Å². The van der Waals surface area contributed by atoms with E-state index < -0.39 is 66.2 Å². The molecule has 0 aliphatic rings. The van der Waals surface area contributed by atoms with Gasteiger partial charge in [0.05, 0.1) is 12.5 Å². The molecule has 0 radical (unpaired) electrons. The van der Waals surface area contributed by atoms with E-state index in [2.05, 4.69) is 28.6 Å². The summed E-state index contributed by atoms with van der Waals surface area (Å²) in [7, 11) is 0. The molecule has 13 nitrogen and oxygen atoms in total. The third kappa shape index (κ3) is 11.8. The van der Waals surface area contributed by atoms with Crippen molar-refractivity contribution >= 4 is 60.0 Å². The molecule has 0 aromatic heterocycles. The predicted octanol–water partition coefficient (Wildman–Crippen LogP) is -2.72. The first-order valence-electron chi connectivity index (χ1n) is 9.42.